The van der Waals surface area contributed by atoms with E-state index in [2.05, 4.69) is 19.1 Å². The van der Waals surface area contributed by atoms with E-state index in [-0.39, 0.29) is 23.7 Å². The highest BCUT2D eigenvalue weighted by molar-refractivity contribution is 5.70. The van der Waals surface area contributed by atoms with Gasteiger partial charge in [-0.3, -0.25) is 0 Å². The van der Waals surface area contributed by atoms with E-state index < -0.39 is 0 Å². The van der Waals surface area contributed by atoms with Gasteiger partial charge in [0, 0.05) is 11.5 Å². The molecular formula is C13H19NO2. The number of hydrogen-bond donors (Lipinski definition) is 0. The Labute approximate surface area is 96.8 Å². The van der Waals surface area contributed by atoms with Gasteiger partial charge in [0.1, 0.15) is 6.10 Å². The maximum Gasteiger partial charge on any atom is 0.410 e. The second kappa shape index (κ2) is 3.96. The second-order valence-corrected chi connectivity index (χ2v) is 5.12. The lowest BCUT2D eigenvalue weighted by Crippen LogP contribution is -2.36. The monoisotopic (exact) mass is 221 g/mol. The summed E-state index contributed by atoms with van der Waals surface area (Å²) < 4.78 is 5.48. The summed E-state index contributed by atoms with van der Waals surface area (Å²) in [5.74, 6) is 0. The summed E-state index contributed by atoms with van der Waals surface area (Å²) in [5, 5.41) is 0. The van der Waals surface area contributed by atoms with Crippen molar-refractivity contribution >= 4 is 6.09 Å². The Morgan fingerprint density at radius 1 is 1.50 bits per heavy atom. The molecule has 3 heteroatoms. The summed E-state index contributed by atoms with van der Waals surface area (Å²) >= 11 is 0. The van der Waals surface area contributed by atoms with Crippen molar-refractivity contribution in [1.29, 1.82) is 0 Å². The molecule has 2 aliphatic rings. The van der Waals surface area contributed by atoms with Crippen LogP contribution in [-0.2, 0) is 4.74 Å². The van der Waals surface area contributed by atoms with E-state index in [1.54, 1.807) is 4.90 Å². The van der Waals surface area contributed by atoms with Crippen molar-refractivity contribution < 1.29 is 9.53 Å². The number of carbonyl (C=O) groups excluding carboxylic acids is 1. The molecule has 1 unspecified atom stereocenters. The first kappa shape index (κ1) is 11.2. The standard InChI is InChI=1S/C13H19NO2/c1-10(2)14-9-11(16-12(14)15)13(3)7-5-4-6-8-13/h4-7,10-11H,8-9H2,1-3H3/t11-,13?/m0/s1. The molecule has 1 saturated heterocycles. The molecule has 2 rings (SSSR count). The Kier molecular flexibility index (Phi) is 2.78. The van der Waals surface area contributed by atoms with Crippen LogP contribution in [0.15, 0.2) is 24.3 Å². The molecule has 0 saturated carbocycles. The van der Waals surface area contributed by atoms with Gasteiger partial charge in [0.2, 0.25) is 0 Å². The van der Waals surface area contributed by atoms with Crippen molar-refractivity contribution in [1.82, 2.24) is 4.90 Å². The normalized spacial score (nSPS) is 33.6. The SMILES string of the molecule is CC(C)N1C[C@@H](C2(C)C=CC=CC2)OC1=O. The number of amides is 1. The fourth-order valence-corrected chi connectivity index (χ4v) is 2.23. The van der Waals surface area contributed by atoms with Crippen LogP contribution < -0.4 is 0 Å². The summed E-state index contributed by atoms with van der Waals surface area (Å²) in [6.45, 7) is 6.88. The minimum absolute atomic E-state index is 0.0244. The zero-order valence-electron chi connectivity index (χ0n) is 10.1. The average Bonchev–Trinajstić information content (AvgIpc) is 2.62. The molecule has 1 heterocycles. The molecule has 0 radical (unpaired) electrons. The van der Waals surface area contributed by atoms with E-state index in [0.717, 1.165) is 6.42 Å². The van der Waals surface area contributed by atoms with E-state index >= 15 is 0 Å². The zero-order chi connectivity index (χ0) is 11.8. The van der Waals surface area contributed by atoms with Crippen LogP contribution in [0.3, 0.4) is 0 Å². The molecule has 2 atom stereocenters. The van der Waals surface area contributed by atoms with Crippen molar-refractivity contribution in [3.8, 4) is 0 Å². The number of allylic oxidation sites excluding steroid dienone is 3. The van der Waals surface area contributed by atoms with Gasteiger partial charge in [0.15, 0.2) is 0 Å². The van der Waals surface area contributed by atoms with Gasteiger partial charge in [0.05, 0.1) is 6.54 Å². The molecule has 0 aromatic rings. The lowest BCUT2D eigenvalue weighted by molar-refractivity contribution is 0.0782. The van der Waals surface area contributed by atoms with Gasteiger partial charge in [-0.05, 0) is 20.3 Å². The largest absolute Gasteiger partial charge is 0.443 e. The van der Waals surface area contributed by atoms with Crippen LogP contribution in [-0.4, -0.2) is 29.7 Å². The Balaban J connectivity index is 2.11. The predicted octanol–water partition coefficient (Wildman–Crippen LogP) is 2.74. The van der Waals surface area contributed by atoms with Crippen LogP contribution in [0.5, 0.6) is 0 Å². The highest BCUT2D eigenvalue weighted by atomic mass is 16.6. The molecule has 0 spiro atoms. The number of nitrogens with zero attached hydrogens (tertiary/aromatic N) is 1. The number of hydrogen-bond acceptors (Lipinski definition) is 2. The van der Waals surface area contributed by atoms with Crippen molar-refractivity contribution in [2.45, 2.75) is 39.3 Å². The Bertz CT molecular complexity index is 346. The second-order valence-electron chi connectivity index (χ2n) is 5.12. The lowest BCUT2D eigenvalue weighted by Gasteiger charge is -2.31. The van der Waals surface area contributed by atoms with Crippen molar-refractivity contribution in [3.05, 3.63) is 24.3 Å². The van der Waals surface area contributed by atoms with Gasteiger partial charge in [-0.2, -0.15) is 0 Å². The number of cyclic esters (lactones) is 1. The molecule has 3 nitrogen and oxygen atoms in total. The highest BCUT2D eigenvalue weighted by Crippen LogP contribution is 2.36. The van der Waals surface area contributed by atoms with Gasteiger partial charge in [-0.25, -0.2) is 4.79 Å². The maximum atomic E-state index is 11.7. The lowest BCUT2D eigenvalue weighted by atomic mass is 9.78. The first-order valence-corrected chi connectivity index (χ1v) is 5.84. The molecule has 1 fully saturated rings. The van der Waals surface area contributed by atoms with Crippen molar-refractivity contribution in [2.75, 3.05) is 6.54 Å². The Morgan fingerprint density at radius 3 is 2.75 bits per heavy atom. The predicted molar refractivity (Wildman–Crippen MR) is 63.1 cm³/mol. The third-order valence-electron chi connectivity index (χ3n) is 3.48. The van der Waals surface area contributed by atoms with E-state index in [1.807, 2.05) is 26.0 Å². The molecule has 0 aromatic heterocycles. The van der Waals surface area contributed by atoms with Gasteiger partial charge in [0.25, 0.3) is 0 Å². The quantitative estimate of drug-likeness (QED) is 0.717. The minimum atomic E-state index is -0.177. The molecule has 0 N–H and O–H groups in total. The average molecular weight is 221 g/mol. The molecule has 1 aliphatic heterocycles. The van der Waals surface area contributed by atoms with Gasteiger partial charge < -0.3 is 9.64 Å². The third kappa shape index (κ3) is 1.86. The first-order chi connectivity index (χ1) is 7.53. The van der Waals surface area contributed by atoms with E-state index in [9.17, 15) is 4.79 Å². The zero-order valence-corrected chi connectivity index (χ0v) is 10.1. The van der Waals surface area contributed by atoms with E-state index in [1.165, 1.54) is 0 Å². The van der Waals surface area contributed by atoms with E-state index in [0.29, 0.717) is 6.54 Å². The van der Waals surface area contributed by atoms with Crippen LogP contribution in [0.25, 0.3) is 0 Å². The van der Waals surface area contributed by atoms with Crippen LogP contribution >= 0.6 is 0 Å². The van der Waals surface area contributed by atoms with Gasteiger partial charge in [-0.15, -0.1) is 0 Å². The maximum absolute atomic E-state index is 11.7. The molecule has 0 bridgehead atoms. The summed E-state index contributed by atoms with van der Waals surface area (Å²) in [6, 6.07) is 0.212. The fourth-order valence-electron chi connectivity index (χ4n) is 2.23. The van der Waals surface area contributed by atoms with E-state index in [4.69, 9.17) is 4.74 Å². The molecule has 16 heavy (non-hydrogen) atoms. The summed E-state index contributed by atoms with van der Waals surface area (Å²) in [4.78, 5) is 13.5. The smallest absolute Gasteiger partial charge is 0.410 e. The number of carbonyl (C=O) groups is 1. The van der Waals surface area contributed by atoms with Crippen LogP contribution in [0, 0.1) is 5.41 Å². The van der Waals surface area contributed by atoms with Crippen molar-refractivity contribution in [2.24, 2.45) is 5.41 Å². The summed E-state index contributed by atoms with van der Waals surface area (Å²) in [6.07, 6.45) is 9.09. The van der Waals surface area contributed by atoms with Crippen LogP contribution in [0.1, 0.15) is 27.2 Å². The molecule has 0 aromatic carbocycles. The third-order valence-corrected chi connectivity index (χ3v) is 3.48. The topological polar surface area (TPSA) is 29.5 Å². The summed E-state index contributed by atoms with van der Waals surface area (Å²) in [5.41, 5.74) is -0.0476. The highest BCUT2D eigenvalue weighted by Gasteiger charge is 2.43. The minimum Gasteiger partial charge on any atom is -0.443 e. The first-order valence-electron chi connectivity index (χ1n) is 5.84. The number of rotatable bonds is 2. The molecule has 1 amide bonds. The van der Waals surface area contributed by atoms with Gasteiger partial charge in [-0.1, -0.05) is 31.2 Å². The molecule has 1 aliphatic carbocycles. The van der Waals surface area contributed by atoms with Crippen LogP contribution in [0.4, 0.5) is 4.79 Å². The fraction of sp³-hybridized carbons (Fsp3) is 0.615. The molecule has 88 valence electrons. The van der Waals surface area contributed by atoms with Crippen molar-refractivity contribution in [3.63, 3.8) is 0 Å². The molecular weight excluding hydrogens is 202 g/mol. The number of ether oxygens (including phenoxy) is 1. The summed E-state index contributed by atoms with van der Waals surface area (Å²) in [7, 11) is 0. The van der Waals surface area contributed by atoms with Crippen LogP contribution in [0.2, 0.25) is 0 Å². The van der Waals surface area contributed by atoms with Gasteiger partial charge >= 0.3 is 6.09 Å². The Hall–Kier alpha value is -1.25. The Morgan fingerprint density at radius 2 is 2.25 bits per heavy atom.